The second-order valence-corrected chi connectivity index (χ2v) is 3.31. The van der Waals surface area contributed by atoms with Gasteiger partial charge in [-0.25, -0.2) is 0 Å². The van der Waals surface area contributed by atoms with Crippen molar-refractivity contribution in [2.24, 2.45) is 5.73 Å². The molecule has 1 atom stereocenters. The smallest absolute Gasteiger partial charge is 0.324 e. The van der Waals surface area contributed by atoms with Gasteiger partial charge in [-0.1, -0.05) is 18.2 Å². The first-order chi connectivity index (χ1) is 6.87. The molecule has 1 aromatic carbocycles. The van der Waals surface area contributed by atoms with Gasteiger partial charge in [0.05, 0.1) is 0 Å². The molecule has 0 radical (unpaired) electrons. The number of halogens is 3. The van der Waals surface area contributed by atoms with Gasteiger partial charge < -0.3 is 11.1 Å². The van der Waals surface area contributed by atoms with Crippen molar-refractivity contribution < 1.29 is 18.0 Å². The first-order valence-corrected chi connectivity index (χ1v) is 4.14. The Balaban J connectivity index is 2.65. The van der Waals surface area contributed by atoms with Crippen molar-refractivity contribution in [3.8, 4) is 0 Å². The molecule has 0 aromatic heterocycles. The molecule has 0 saturated carbocycles. The summed E-state index contributed by atoms with van der Waals surface area (Å²) in [5.41, 5.74) is 2.11. The minimum absolute atomic E-state index is 0.113. The molecule has 0 saturated heterocycles. The maximum Gasteiger partial charge on any atom is 0.419 e. The molecule has 0 bridgehead atoms. The van der Waals surface area contributed by atoms with Crippen molar-refractivity contribution in [3.05, 3.63) is 29.8 Å². The van der Waals surface area contributed by atoms with Crippen molar-refractivity contribution in [1.82, 2.24) is 0 Å². The van der Waals surface area contributed by atoms with Crippen LogP contribution in [0.2, 0.25) is 0 Å². The molecule has 80 valence electrons. The highest BCUT2D eigenvalue weighted by Crippen LogP contribution is 2.44. The van der Waals surface area contributed by atoms with E-state index in [1.54, 1.807) is 0 Å². The van der Waals surface area contributed by atoms with Crippen LogP contribution in [0.1, 0.15) is 5.56 Å². The summed E-state index contributed by atoms with van der Waals surface area (Å²) < 4.78 is 38.1. The molecule has 0 spiro atoms. The Labute approximate surface area is 83.1 Å². The van der Waals surface area contributed by atoms with Crippen molar-refractivity contribution >= 4 is 11.6 Å². The Kier molecular flexibility index (Phi) is 1.81. The van der Waals surface area contributed by atoms with E-state index in [2.05, 4.69) is 5.32 Å². The number of amides is 1. The summed E-state index contributed by atoms with van der Waals surface area (Å²) in [5.74, 6) is -1.24. The zero-order chi connectivity index (χ0) is 11.3. The highest BCUT2D eigenvalue weighted by atomic mass is 19.4. The number of hydrogen-bond acceptors (Lipinski definition) is 2. The Hall–Kier alpha value is -1.56. The van der Waals surface area contributed by atoms with Crippen LogP contribution in [0.5, 0.6) is 0 Å². The number of carbonyl (C=O) groups excluding carboxylic acids is 1. The van der Waals surface area contributed by atoms with Gasteiger partial charge in [0, 0.05) is 11.3 Å². The SMILES string of the molecule is N[C@@]1(C(F)(F)F)C(=O)Nc2ccccc21. The van der Waals surface area contributed by atoms with E-state index < -0.39 is 17.6 Å². The molecule has 0 fully saturated rings. The van der Waals surface area contributed by atoms with E-state index in [1.807, 2.05) is 0 Å². The highest BCUT2D eigenvalue weighted by Gasteiger charge is 2.62. The van der Waals surface area contributed by atoms with Crippen LogP contribution in [0.3, 0.4) is 0 Å². The Bertz CT molecular complexity index is 430. The second-order valence-electron chi connectivity index (χ2n) is 3.31. The number of alkyl halides is 3. The van der Waals surface area contributed by atoms with Crippen LogP contribution < -0.4 is 11.1 Å². The molecule has 6 heteroatoms. The number of fused-ring (bicyclic) bond motifs is 1. The number of hydrogen-bond donors (Lipinski definition) is 2. The van der Waals surface area contributed by atoms with E-state index in [4.69, 9.17) is 5.73 Å². The minimum atomic E-state index is -4.80. The average Bonchev–Trinajstić information content (AvgIpc) is 2.40. The highest BCUT2D eigenvalue weighted by molar-refractivity contribution is 6.06. The molecule has 2 rings (SSSR count). The number of nitrogens with two attached hydrogens (primary N) is 1. The van der Waals surface area contributed by atoms with Crippen LogP contribution in [0.15, 0.2) is 24.3 Å². The fourth-order valence-electron chi connectivity index (χ4n) is 1.56. The minimum Gasteiger partial charge on any atom is -0.324 e. The van der Waals surface area contributed by atoms with Gasteiger partial charge in [0.15, 0.2) is 0 Å². The van der Waals surface area contributed by atoms with Crippen LogP contribution in [0.25, 0.3) is 0 Å². The van der Waals surface area contributed by atoms with Gasteiger partial charge in [-0.2, -0.15) is 13.2 Å². The van der Waals surface area contributed by atoms with E-state index in [9.17, 15) is 18.0 Å². The lowest BCUT2D eigenvalue weighted by molar-refractivity contribution is -0.189. The van der Waals surface area contributed by atoms with Crippen LogP contribution in [0.4, 0.5) is 18.9 Å². The molecule has 1 heterocycles. The number of para-hydroxylation sites is 1. The van der Waals surface area contributed by atoms with Crippen molar-refractivity contribution in [1.29, 1.82) is 0 Å². The first-order valence-electron chi connectivity index (χ1n) is 4.14. The topological polar surface area (TPSA) is 55.1 Å². The van der Waals surface area contributed by atoms with Gasteiger partial charge in [-0.3, -0.25) is 4.79 Å². The summed E-state index contributed by atoms with van der Waals surface area (Å²) in [7, 11) is 0. The first kappa shape index (κ1) is 9.97. The molecule has 3 N–H and O–H groups in total. The molecular weight excluding hydrogens is 209 g/mol. The summed E-state index contributed by atoms with van der Waals surface area (Å²) in [6.07, 6.45) is -4.80. The van der Waals surface area contributed by atoms with Crippen LogP contribution in [-0.4, -0.2) is 12.1 Å². The number of carbonyl (C=O) groups is 1. The third kappa shape index (κ3) is 1.14. The number of nitrogens with one attached hydrogen (secondary N) is 1. The van der Waals surface area contributed by atoms with Gasteiger partial charge in [-0.15, -0.1) is 0 Å². The monoisotopic (exact) mass is 216 g/mol. The quantitative estimate of drug-likeness (QED) is 0.687. The molecule has 15 heavy (non-hydrogen) atoms. The van der Waals surface area contributed by atoms with E-state index in [1.165, 1.54) is 24.3 Å². The summed E-state index contributed by atoms with van der Waals surface area (Å²) >= 11 is 0. The molecule has 1 aromatic rings. The molecule has 1 amide bonds. The summed E-state index contributed by atoms with van der Waals surface area (Å²) in [6.45, 7) is 0. The Morgan fingerprint density at radius 1 is 1.27 bits per heavy atom. The molecule has 1 aliphatic heterocycles. The van der Waals surface area contributed by atoms with Crippen LogP contribution in [-0.2, 0) is 10.3 Å². The molecular formula is C9H7F3N2O. The lowest BCUT2D eigenvalue weighted by Gasteiger charge is -2.24. The summed E-state index contributed by atoms with van der Waals surface area (Å²) in [6, 6.07) is 5.52. The third-order valence-electron chi connectivity index (χ3n) is 2.41. The van der Waals surface area contributed by atoms with E-state index in [0.29, 0.717) is 0 Å². The lowest BCUT2D eigenvalue weighted by Crippen LogP contribution is -2.55. The normalized spacial score (nSPS) is 24.9. The predicted octanol–water partition coefficient (Wildman–Crippen LogP) is 1.35. The summed E-state index contributed by atoms with van der Waals surface area (Å²) in [5, 5.41) is 2.11. The fourth-order valence-corrected chi connectivity index (χ4v) is 1.56. The maximum absolute atomic E-state index is 12.7. The van der Waals surface area contributed by atoms with Crippen LogP contribution in [0, 0.1) is 0 Å². The summed E-state index contributed by atoms with van der Waals surface area (Å²) in [4.78, 5) is 11.2. The number of benzene rings is 1. The van der Waals surface area contributed by atoms with Gasteiger partial charge in [0.1, 0.15) is 0 Å². The van der Waals surface area contributed by atoms with Gasteiger partial charge in [0.2, 0.25) is 5.54 Å². The van der Waals surface area contributed by atoms with Crippen LogP contribution >= 0.6 is 0 Å². The van der Waals surface area contributed by atoms with E-state index in [-0.39, 0.29) is 11.3 Å². The average molecular weight is 216 g/mol. The molecule has 1 aliphatic rings. The third-order valence-corrected chi connectivity index (χ3v) is 2.41. The molecule has 3 nitrogen and oxygen atoms in total. The number of rotatable bonds is 0. The van der Waals surface area contributed by atoms with Gasteiger partial charge in [0.25, 0.3) is 5.91 Å². The number of anilines is 1. The molecule has 0 aliphatic carbocycles. The zero-order valence-electron chi connectivity index (χ0n) is 7.43. The van der Waals surface area contributed by atoms with Crippen molar-refractivity contribution in [2.45, 2.75) is 11.7 Å². The zero-order valence-corrected chi connectivity index (χ0v) is 7.43. The van der Waals surface area contributed by atoms with Gasteiger partial charge in [-0.05, 0) is 6.07 Å². The van der Waals surface area contributed by atoms with Gasteiger partial charge >= 0.3 is 6.18 Å². The lowest BCUT2D eigenvalue weighted by atomic mass is 9.92. The second kappa shape index (κ2) is 2.73. The van der Waals surface area contributed by atoms with E-state index >= 15 is 0 Å². The van der Waals surface area contributed by atoms with Crippen molar-refractivity contribution in [2.75, 3.05) is 5.32 Å². The Morgan fingerprint density at radius 2 is 1.87 bits per heavy atom. The largest absolute Gasteiger partial charge is 0.419 e. The maximum atomic E-state index is 12.7. The fraction of sp³-hybridized carbons (Fsp3) is 0.222. The van der Waals surface area contributed by atoms with E-state index in [0.717, 1.165) is 0 Å². The predicted molar refractivity (Wildman–Crippen MR) is 47.0 cm³/mol. The standard InChI is InChI=1S/C9H7F3N2O/c10-9(11,12)8(13)5-3-1-2-4-6(5)14-7(8)15/h1-4H,13H2,(H,14,15)/t8-/m1/s1. The van der Waals surface area contributed by atoms with Crippen molar-refractivity contribution in [3.63, 3.8) is 0 Å². The molecule has 0 unspecified atom stereocenters. The Morgan fingerprint density at radius 3 is 2.47 bits per heavy atom.